The predicted molar refractivity (Wildman–Crippen MR) is 72.9 cm³/mol. The highest BCUT2D eigenvalue weighted by Gasteiger charge is 2.29. The van der Waals surface area contributed by atoms with Crippen LogP contribution in [0.3, 0.4) is 0 Å². The first kappa shape index (κ1) is 13.8. The lowest BCUT2D eigenvalue weighted by Gasteiger charge is -2.36. The van der Waals surface area contributed by atoms with Crippen LogP contribution in [-0.2, 0) is 4.74 Å². The number of halogens is 2. The Kier molecular flexibility index (Phi) is 4.25. The minimum absolute atomic E-state index is 0.0451. The summed E-state index contributed by atoms with van der Waals surface area (Å²) >= 11 is 9.28. The summed E-state index contributed by atoms with van der Waals surface area (Å²) in [5.41, 5.74) is 0.423. The molecule has 18 heavy (non-hydrogen) atoms. The number of aromatic nitrogens is 1. The summed E-state index contributed by atoms with van der Waals surface area (Å²) < 4.78 is 6.25. The van der Waals surface area contributed by atoms with Gasteiger partial charge in [0, 0.05) is 17.2 Å². The molecule has 1 saturated heterocycles. The fraction of sp³-hybridized carbons (Fsp3) is 0.500. The molecule has 6 heteroatoms. The van der Waals surface area contributed by atoms with Gasteiger partial charge < -0.3 is 9.64 Å². The molecule has 98 valence electrons. The lowest BCUT2D eigenvalue weighted by atomic mass is 10.1. The van der Waals surface area contributed by atoms with E-state index in [1.165, 1.54) is 0 Å². The fourth-order valence-corrected chi connectivity index (χ4v) is 2.43. The molecule has 0 aromatic carbocycles. The van der Waals surface area contributed by atoms with E-state index in [4.69, 9.17) is 16.3 Å². The van der Waals surface area contributed by atoms with Crippen LogP contribution < -0.4 is 0 Å². The Hall–Kier alpha value is -0.650. The summed E-state index contributed by atoms with van der Waals surface area (Å²) in [6.45, 7) is 5.03. The van der Waals surface area contributed by atoms with E-state index >= 15 is 0 Å². The zero-order chi connectivity index (χ0) is 13.3. The van der Waals surface area contributed by atoms with Crippen molar-refractivity contribution in [2.24, 2.45) is 0 Å². The van der Waals surface area contributed by atoms with Crippen molar-refractivity contribution < 1.29 is 9.53 Å². The van der Waals surface area contributed by atoms with Gasteiger partial charge in [-0.3, -0.25) is 4.79 Å². The average Bonchev–Trinajstić information content (AvgIpc) is 2.34. The van der Waals surface area contributed by atoms with Gasteiger partial charge in [-0.15, -0.1) is 0 Å². The van der Waals surface area contributed by atoms with Crippen LogP contribution in [0.15, 0.2) is 16.7 Å². The summed E-state index contributed by atoms with van der Waals surface area (Å²) in [5.74, 6) is -0.101. The minimum Gasteiger partial charge on any atom is -0.375 e. The van der Waals surface area contributed by atoms with Crippen molar-refractivity contribution in [3.8, 4) is 0 Å². The Balaban J connectivity index is 2.27. The molecule has 2 heterocycles. The molecule has 0 spiro atoms. The molecule has 2 unspecified atom stereocenters. The molecular formula is C12H14BrClN2O2. The van der Waals surface area contributed by atoms with Crippen LogP contribution in [0.25, 0.3) is 0 Å². The molecule has 1 aromatic rings. The summed E-state index contributed by atoms with van der Waals surface area (Å²) in [6.07, 6.45) is 1.62. The number of rotatable bonds is 1. The van der Waals surface area contributed by atoms with Crippen LogP contribution in [0.5, 0.6) is 0 Å². The molecule has 1 aliphatic heterocycles. The molecule has 0 aliphatic carbocycles. The van der Waals surface area contributed by atoms with E-state index in [0.29, 0.717) is 18.7 Å². The lowest BCUT2D eigenvalue weighted by molar-refractivity contribution is -0.0387. The van der Waals surface area contributed by atoms with Gasteiger partial charge in [0.25, 0.3) is 5.91 Å². The largest absolute Gasteiger partial charge is 0.375 e. The molecule has 0 radical (unpaired) electrons. The number of nitrogens with zero attached hydrogens (tertiary/aromatic N) is 2. The highest BCUT2D eigenvalue weighted by molar-refractivity contribution is 9.10. The lowest BCUT2D eigenvalue weighted by Crippen LogP contribution is -2.50. The molecule has 1 fully saturated rings. The zero-order valence-corrected chi connectivity index (χ0v) is 12.5. The van der Waals surface area contributed by atoms with Crippen molar-refractivity contribution in [2.75, 3.05) is 13.2 Å². The van der Waals surface area contributed by atoms with Crippen molar-refractivity contribution in [1.82, 2.24) is 9.88 Å². The van der Waals surface area contributed by atoms with Crippen LogP contribution in [0.2, 0.25) is 5.15 Å². The molecule has 2 atom stereocenters. The Morgan fingerprint density at radius 3 is 3.06 bits per heavy atom. The van der Waals surface area contributed by atoms with Gasteiger partial charge in [0.05, 0.1) is 24.3 Å². The highest BCUT2D eigenvalue weighted by Crippen LogP contribution is 2.22. The third kappa shape index (κ3) is 2.84. The number of carbonyl (C=O) groups excluding carboxylic acids is 1. The molecule has 0 saturated carbocycles. The van der Waals surface area contributed by atoms with E-state index < -0.39 is 0 Å². The van der Waals surface area contributed by atoms with Gasteiger partial charge >= 0.3 is 0 Å². The molecule has 0 bridgehead atoms. The van der Waals surface area contributed by atoms with Crippen LogP contribution in [0, 0.1) is 0 Å². The number of hydrogen-bond acceptors (Lipinski definition) is 3. The third-order valence-corrected chi connectivity index (χ3v) is 3.64. The monoisotopic (exact) mass is 332 g/mol. The standard InChI is InChI=1S/C12H14BrClN2O2/c1-7-6-18-8(2)5-16(7)12(17)10-3-9(13)4-15-11(10)14/h3-4,7-8H,5-6H2,1-2H3. The molecule has 0 N–H and O–H groups in total. The first-order valence-corrected chi connectivity index (χ1v) is 6.89. The van der Waals surface area contributed by atoms with Crippen LogP contribution in [0.4, 0.5) is 0 Å². The number of pyridine rings is 1. The van der Waals surface area contributed by atoms with Gasteiger partial charge in [0.2, 0.25) is 0 Å². The van der Waals surface area contributed by atoms with Gasteiger partial charge in [0.15, 0.2) is 0 Å². The molecule has 1 aliphatic rings. The molecule has 4 nitrogen and oxygen atoms in total. The van der Waals surface area contributed by atoms with E-state index in [2.05, 4.69) is 20.9 Å². The van der Waals surface area contributed by atoms with Gasteiger partial charge in [0.1, 0.15) is 5.15 Å². The number of amides is 1. The Morgan fingerprint density at radius 1 is 1.61 bits per heavy atom. The van der Waals surface area contributed by atoms with E-state index in [1.54, 1.807) is 17.2 Å². The van der Waals surface area contributed by atoms with Gasteiger partial charge in [-0.25, -0.2) is 4.98 Å². The maximum atomic E-state index is 12.5. The molecular weight excluding hydrogens is 320 g/mol. The second-order valence-electron chi connectivity index (χ2n) is 4.44. The van der Waals surface area contributed by atoms with Crippen molar-refractivity contribution in [3.05, 3.63) is 27.5 Å². The van der Waals surface area contributed by atoms with Crippen LogP contribution >= 0.6 is 27.5 Å². The number of ether oxygens (including phenoxy) is 1. The van der Waals surface area contributed by atoms with Gasteiger partial charge in [-0.1, -0.05) is 11.6 Å². The summed E-state index contributed by atoms with van der Waals surface area (Å²) in [4.78, 5) is 18.2. The van der Waals surface area contributed by atoms with Crippen LogP contribution in [-0.4, -0.2) is 41.1 Å². The number of hydrogen-bond donors (Lipinski definition) is 0. The second-order valence-corrected chi connectivity index (χ2v) is 5.72. The van der Waals surface area contributed by atoms with E-state index in [-0.39, 0.29) is 23.2 Å². The number of carbonyl (C=O) groups is 1. The summed E-state index contributed by atoms with van der Waals surface area (Å²) in [7, 11) is 0. The number of morpholine rings is 1. The average molecular weight is 334 g/mol. The minimum atomic E-state index is -0.101. The molecule has 2 rings (SSSR count). The van der Waals surface area contributed by atoms with Crippen LogP contribution in [0.1, 0.15) is 24.2 Å². The fourth-order valence-electron chi connectivity index (χ4n) is 1.91. The Bertz CT molecular complexity index is 469. The van der Waals surface area contributed by atoms with Crippen molar-refractivity contribution in [2.45, 2.75) is 26.0 Å². The predicted octanol–water partition coefficient (Wildman–Crippen LogP) is 2.75. The summed E-state index contributed by atoms with van der Waals surface area (Å²) in [5, 5.41) is 0.231. The van der Waals surface area contributed by atoms with Crippen molar-refractivity contribution >= 4 is 33.4 Å². The molecule has 1 aromatic heterocycles. The Morgan fingerprint density at radius 2 is 2.33 bits per heavy atom. The van der Waals surface area contributed by atoms with Gasteiger partial charge in [-0.2, -0.15) is 0 Å². The topological polar surface area (TPSA) is 42.4 Å². The maximum absolute atomic E-state index is 12.5. The first-order chi connectivity index (χ1) is 8.49. The highest BCUT2D eigenvalue weighted by atomic mass is 79.9. The maximum Gasteiger partial charge on any atom is 0.257 e. The first-order valence-electron chi connectivity index (χ1n) is 5.72. The third-order valence-electron chi connectivity index (χ3n) is 2.90. The smallest absolute Gasteiger partial charge is 0.257 e. The van der Waals surface area contributed by atoms with Crippen molar-refractivity contribution in [3.63, 3.8) is 0 Å². The quantitative estimate of drug-likeness (QED) is 0.742. The van der Waals surface area contributed by atoms with E-state index in [9.17, 15) is 4.79 Å². The van der Waals surface area contributed by atoms with E-state index in [0.717, 1.165) is 4.47 Å². The van der Waals surface area contributed by atoms with Crippen molar-refractivity contribution in [1.29, 1.82) is 0 Å². The SMILES string of the molecule is CC1CN(C(=O)c2cc(Br)cnc2Cl)C(C)CO1. The second kappa shape index (κ2) is 5.55. The normalized spacial score (nSPS) is 24.1. The molecule has 1 amide bonds. The van der Waals surface area contributed by atoms with E-state index in [1.807, 2.05) is 13.8 Å². The van der Waals surface area contributed by atoms with Gasteiger partial charge in [-0.05, 0) is 35.8 Å². The zero-order valence-electron chi connectivity index (χ0n) is 10.2. The summed E-state index contributed by atoms with van der Waals surface area (Å²) in [6, 6.07) is 1.74. The Labute approximate surface area is 119 Å².